The third-order valence-electron chi connectivity index (χ3n) is 9.56. The minimum absolute atomic E-state index is 0.0212. The zero-order valence-electron chi connectivity index (χ0n) is 24.4. The monoisotopic (exact) mass is 504 g/mol. The highest BCUT2D eigenvalue weighted by Gasteiger charge is 2.46. The molecule has 38 heavy (non-hydrogen) atoms. The molecule has 0 saturated heterocycles. The second kappa shape index (κ2) is 11.6. The van der Waals surface area contributed by atoms with Gasteiger partial charge >= 0.3 is 0 Å². The summed E-state index contributed by atoms with van der Waals surface area (Å²) < 4.78 is 0. The molecule has 4 aromatic rings. The Balaban J connectivity index is 1.71. The van der Waals surface area contributed by atoms with Crippen LogP contribution in [0.1, 0.15) is 127 Å². The Morgan fingerprint density at radius 2 is 0.789 bits per heavy atom. The van der Waals surface area contributed by atoms with Crippen LogP contribution in [0.4, 0.5) is 0 Å². The van der Waals surface area contributed by atoms with Crippen molar-refractivity contribution in [2.75, 3.05) is 0 Å². The normalized spacial score (nSPS) is 15.5. The molecule has 0 heteroatoms. The van der Waals surface area contributed by atoms with Gasteiger partial charge in [-0.15, -0.1) is 0 Å². The molecule has 0 bridgehead atoms. The van der Waals surface area contributed by atoms with Gasteiger partial charge in [0.1, 0.15) is 0 Å². The Hall–Kier alpha value is -2.60. The lowest BCUT2D eigenvalue weighted by atomic mass is 9.55. The van der Waals surface area contributed by atoms with Crippen LogP contribution < -0.4 is 0 Å². The second-order valence-corrected chi connectivity index (χ2v) is 12.5. The zero-order valence-corrected chi connectivity index (χ0v) is 24.4. The Morgan fingerprint density at radius 1 is 0.447 bits per heavy atom. The van der Waals surface area contributed by atoms with E-state index in [4.69, 9.17) is 0 Å². The largest absolute Gasteiger partial charge is 0.0654 e. The van der Waals surface area contributed by atoms with Crippen LogP contribution in [-0.4, -0.2) is 0 Å². The SMILES string of the molecule is CCCCCCCC1(CCCCCCC)c2cc3ccccc3cc2C(C)(C)c2cc3ccccc3cc21. The molecule has 0 atom stereocenters. The van der Waals surface area contributed by atoms with E-state index in [1.165, 1.54) is 98.6 Å². The zero-order chi connectivity index (χ0) is 26.6. The van der Waals surface area contributed by atoms with Gasteiger partial charge in [-0.05, 0) is 80.9 Å². The van der Waals surface area contributed by atoms with Crippen LogP contribution >= 0.6 is 0 Å². The maximum Gasteiger partial charge on any atom is 0.0209 e. The number of unbranched alkanes of at least 4 members (excludes halogenated alkanes) is 8. The third kappa shape index (κ3) is 5.04. The highest BCUT2D eigenvalue weighted by atomic mass is 14.5. The summed E-state index contributed by atoms with van der Waals surface area (Å²) in [5, 5.41) is 5.55. The Bertz CT molecular complexity index is 1270. The fourth-order valence-corrected chi connectivity index (χ4v) is 7.32. The molecule has 0 spiro atoms. The lowest BCUT2D eigenvalue weighted by Gasteiger charge is -2.48. The topological polar surface area (TPSA) is 0 Å². The van der Waals surface area contributed by atoms with E-state index in [0.717, 1.165) is 0 Å². The lowest BCUT2D eigenvalue weighted by molar-refractivity contribution is 0.366. The van der Waals surface area contributed by atoms with Crippen LogP contribution in [0.25, 0.3) is 21.5 Å². The van der Waals surface area contributed by atoms with Crippen molar-refractivity contribution < 1.29 is 0 Å². The molecule has 0 fully saturated rings. The first-order valence-corrected chi connectivity index (χ1v) is 15.6. The molecule has 0 saturated carbocycles. The van der Waals surface area contributed by atoms with Gasteiger partial charge in [0.05, 0.1) is 0 Å². The van der Waals surface area contributed by atoms with E-state index in [0.29, 0.717) is 0 Å². The molecule has 0 aromatic heterocycles. The van der Waals surface area contributed by atoms with E-state index in [-0.39, 0.29) is 10.8 Å². The number of benzene rings is 4. The average Bonchev–Trinajstić information content (AvgIpc) is 2.94. The summed E-state index contributed by atoms with van der Waals surface area (Å²) in [5.74, 6) is 0. The summed E-state index contributed by atoms with van der Waals surface area (Å²) in [6, 6.07) is 28.4. The Kier molecular flexibility index (Phi) is 8.27. The molecular formula is C38H48. The summed E-state index contributed by atoms with van der Waals surface area (Å²) in [7, 11) is 0. The third-order valence-corrected chi connectivity index (χ3v) is 9.56. The van der Waals surface area contributed by atoms with Crippen LogP contribution in [0.3, 0.4) is 0 Å². The van der Waals surface area contributed by atoms with Crippen molar-refractivity contribution >= 4 is 21.5 Å². The van der Waals surface area contributed by atoms with Gasteiger partial charge in [0.15, 0.2) is 0 Å². The molecule has 0 nitrogen and oxygen atoms in total. The van der Waals surface area contributed by atoms with E-state index in [1.54, 1.807) is 22.3 Å². The number of fused-ring (bicyclic) bond motifs is 4. The van der Waals surface area contributed by atoms with E-state index < -0.39 is 0 Å². The van der Waals surface area contributed by atoms with Gasteiger partial charge in [-0.1, -0.05) is 140 Å². The highest BCUT2D eigenvalue weighted by Crippen LogP contribution is 2.55. The molecule has 200 valence electrons. The first-order chi connectivity index (χ1) is 18.5. The van der Waals surface area contributed by atoms with Crippen molar-refractivity contribution in [3.05, 3.63) is 95.1 Å². The fourth-order valence-electron chi connectivity index (χ4n) is 7.32. The molecule has 1 aliphatic carbocycles. The maximum absolute atomic E-state index is 2.60. The minimum Gasteiger partial charge on any atom is -0.0654 e. The van der Waals surface area contributed by atoms with Crippen LogP contribution in [-0.2, 0) is 10.8 Å². The quantitative estimate of drug-likeness (QED) is 0.168. The summed E-state index contributed by atoms with van der Waals surface area (Å²) in [6.45, 7) is 9.59. The van der Waals surface area contributed by atoms with Crippen LogP contribution in [0.5, 0.6) is 0 Å². The number of hydrogen-bond acceptors (Lipinski definition) is 0. The van der Waals surface area contributed by atoms with E-state index in [2.05, 4.69) is 100 Å². The molecule has 0 radical (unpaired) electrons. The first kappa shape index (κ1) is 27.0. The summed E-state index contributed by atoms with van der Waals surface area (Å²) in [5.41, 5.74) is 6.42. The lowest BCUT2D eigenvalue weighted by Crippen LogP contribution is -2.40. The predicted molar refractivity (Wildman–Crippen MR) is 168 cm³/mol. The fraction of sp³-hybridized carbons (Fsp3) is 0.474. The van der Waals surface area contributed by atoms with Gasteiger partial charge in [-0.3, -0.25) is 0 Å². The molecular weight excluding hydrogens is 456 g/mol. The van der Waals surface area contributed by atoms with E-state index in [9.17, 15) is 0 Å². The summed E-state index contributed by atoms with van der Waals surface area (Å²) in [6.07, 6.45) is 15.9. The van der Waals surface area contributed by atoms with Crippen LogP contribution in [0.15, 0.2) is 72.8 Å². The molecule has 0 unspecified atom stereocenters. The van der Waals surface area contributed by atoms with Crippen molar-refractivity contribution in [3.63, 3.8) is 0 Å². The highest BCUT2D eigenvalue weighted by molar-refractivity contribution is 5.89. The smallest absolute Gasteiger partial charge is 0.0209 e. The van der Waals surface area contributed by atoms with E-state index in [1.807, 2.05) is 0 Å². The van der Waals surface area contributed by atoms with Crippen LogP contribution in [0.2, 0.25) is 0 Å². The van der Waals surface area contributed by atoms with Crippen molar-refractivity contribution in [2.24, 2.45) is 0 Å². The molecule has 5 rings (SSSR count). The molecule has 0 amide bonds. The number of rotatable bonds is 12. The van der Waals surface area contributed by atoms with Gasteiger partial charge in [-0.2, -0.15) is 0 Å². The van der Waals surface area contributed by atoms with Crippen molar-refractivity contribution in [1.29, 1.82) is 0 Å². The molecule has 0 heterocycles. The Labute approximate surface area is 231 Å². The maximum atomic E-state index is 2.60. The minimum atomic E-state index is -0.0212. The van der Waals surface area contributed by atoms with Crippen molar-refractivity contribution in [1.82, 2.24) is 0 Å². The standard InChI is InChI=1S/C38H48/c1-5-7-9-11-17-23-38(24-18-12-10-8-6-2)35-27-31-21-15-13-19-29(31)25-33(35)37(3,4)34-26-30-20-14-16-22-32(30)28-36(34)38/h13-16,19-22,25-28H,5-12,17-18,23-24H2,1-4H3. The summed E-state index contributed by atoms with van der Waals surface area (Å²) >= 11 is 0. The van der Waals surface area contributed by atoms with E-state index >= 15 is 0 Å². The van der Waals surface area contributed by atoms with Gasteiger partial charge in [0, 0.05) is 10.8 Å². The summed E-state index contributed by atoms with van der Waals surface area (Å²) in [4.78, 5) is 0. The second-order valence-electron chi connectivity index (χ2n) is 12.5. The van der Waals surface area contributed by atoms with Crippen molar-refractivity contribution in [2.45, 2.75) is 116 Å². The van der Waals surface area contributed by atoms with Crippen molar-refractivity contribution in [3.8, 4) is 0 Å². The molecule has 4 aromatic carbocycles. The van der Waals surface area contributed by atoms with Gasteiger partial charge in [0.25, 0.3) is 0 Å². The molecule has 1 aliphatic rings. The number of hydrogen-bond donors (Lipinski definition) is 0. The van der Waals surface area contributed by atoms with Gasteiger partial charge in [-0.25, -0.2) is 0 Å². The predicted octanol–water partition coefficient (Wildman–Crippen LogP) is 11.6. The Morgan fingerprint density at radius 3 is 1.16 bits per heavy atom. The molecule has 0 N–H and O–H groups in total. The van der Waals surface area contributed by atoms with Gasteiger partial charge < -0.3 is 0 Å². The molecule has 0 aliphatic heterocycles. The van der Waals surface area contributed by atoms with Crippen LogP contribution in [0, 0.1) is 0 Å². The first-order valence-electron chi connectivity index (χ1n) is 15.6. The average molecular weight is 505 g/mol. The van der Waals surface area contributed by atoms with Gasteiger partial charge in [0.2, 0.25) is 0 Å².